The molecule has 2 aromatic carbocycles. The lowest BCUT2D eigenvalue weighted by Crippen LogP contribution is -2.12. The zero-order valence-corrected chi connectivity index (χ0v) is 13.2. The predicted octanol–water partition coefficient (Wildman–Crippen LogP) is 3.96. The Hall–Kier alpha value is -2.77. The molecule has 0 aliphatic heterocycles. The zero-order valence-electron chi connectivity index (χ0n) is 12.5. The van der Waals surface area contributed by atoms with Gasteiger partial charge in [-0.05, 0) is 41.5 Å². The van der Waals surface area contributed by atoms with Crippen LogP contribution in [0.1, 0.15) is 11.1 Å². The maximum atomic E-state index is 11.0. The van der Waals surface area contributed by atoms with Crippen LogP contribution in [-0.4, -0.2) is 19.7 Å². The Labute approximate surface area is 139 Å². The molecule has 0 aromatic heterocycles. The summed E-state index contributed by atoms with van der Waals surface area (Å²) in [6, 6.07) is 16.3. The van der Waals surface area contributed by atoms with Gasteiger partial charge in [0.1, 0.15) is 5.75 Å². The van der Waals surface area contributed by atoms with Crippen LogP contribution < -0.4 is 4.74 Å². The third-order valence-corrected chi connectivity index (χ3v) is 3.27. The predicted molar refractivity (Wildman–Crippen MR) is 88.9 cm³/mol. The second kappa shape index (κ2) is 8.02. The van der Waals surface area contributed by atoms with E-state index in [4.69, 9.17) is 16.3 Å². The molecule has 0 saturated carbocycles. The van der Waals surface area contributed by atoms with Crippen LogP contribution in [0.5, 0.6) is 5.75 Å². The quantitative estimate of drug-likeness (QED) is 0.474. The maximum absolute atomic E-state index is 11.0. The third kappa shape index (κ3) is 4.87. The van der Waals surface area contributed by atoms with Gasteiger partial charge in [0.05, 0.1) is 18.8 Å². The SMILES string of the molecule is COC(=O)COc1ccc(/C=C(/C#N)c2cccc(Cl)c2)cc1. The number of rotatable bonds is 5. The first-order chi connectivity index (χ1) is 11.1. The van der Waals surface area contributed by atoms with Gasteiger partial charge in [0, 0.05) is 5.02 Å². The number of carbonyl (C=O) groups excluding carboxylic acids is 1. The van der Waals surface area contributed by atoms with Crippen LogP contribution in [0.3, 0.4) is 0 Å². The Morgan fingerprint density at radius 2 is 2.00 bits per heavy atom. The lowest BCUT2D eigenvalue weighted by Gasteiger charge is -2.05. The number of halogens is 1. The van der Waals surface area contributed by atoms with Crippen molar-refractivity contribution in [3.05, 3.63) is 64.7 Å². The van der Waals surface area contributed by atoms with Gasteiger partial charge >= 0.3 is 5.97 Å². The fourth-order valence-corrected chi connectivity index (χ4v) is 2.05. The number of allylic oxidation sites excluding steroid dienone is 1. The summed E-state index contributed by atoms with van der Waals surface area (Å²) in [6.45, 7) is -0.141. The molecule has 0 aliphatic carbocycles. The second-order valence-corrected chi connectivity index (χ2v) is 5.05. The van der Waals surface area contributed by atoms with E-state index in [2.05, 4.69) is 10.8 Å². The lowest BCUT2D eigenvalue weighted by molar-refractivity contribution is -0.142. The van der Waals surface area contributed by atoms with Crippen molar-refractivity contribution in [1.29, 1.82) is 5.26 Å². The molecule has 2 aromatic rings. The van der Waals surface area contributed by atoms with Crippen LogP contribution in [0.15, 0.2) is 48.5 Å². The highest BCUT2D eigenvalue weighted by molar-refractivity contribution is 6.30. The highest BCUT2D eigenvalue weighted by atomic mass is 35.5. The molecular formula is C18H14ClNO3. The van der Waals surface area contributed by atoms with E-state index in [1.165, 1.54) is 7.11 Å². The molecule has 0 unspecified atom stereocenters. The number of hydrogen-bond acceptors (Lipinski definition) is 4. The molecule has 0 radical (unpaired) electrons. The summed E-state index contributed by atoms with van der Waals surface area (Å²) in [5.41, 5.74) is 2.11. The number of nitriles is 1. The molecule has 0 atom stereocenters. The molecule has 0 spiro atoms. The fraction of sp³-hybridized carbons (Fsp3) is 0.111. The minimum atomic E-state index is -0.443. The van der Waals surface area contributed by atoms with Gasteiger partial charge in [-0.3, -0.25) is 0 Å². The number of ether oxygens (including phenoxy) is 2. The summed E-state index contributed by atoms with van der Waals surface area (Å²) in [7, 11) is 1.30. The molecule has 0 saturated heterocycles. The Kier molecular flexibility index (Phi) is 5.79. The number of carbonyl (C=O) groups is 1. The highest BCUT2D eigenvalue weighted by Gasteiger charge is 2.04. The number of esters is 1. The minimum absolute atomic E-state index is 0.141. The molecule has 4 nitrogen and oxygen atoms in total. The van der Waals surface area contributed by atoms with Crippen LogP contribution in [0.25, 0.3) is 11.6 Å². The standard InChI is InChI=1S/C18H14ClNO3/c1-22-18(21)12-23-17-7-5-13(6-8-17)9-15(11-20)14-3-2-4-16(19)10-14/h2-10H,12H2,1H3/b15-9-. The summed E-state index contributed by atoms with van der Waals surface area (Å²) in [5.74, 6) is 0.107. The van der Waals surface area contributed by atoms with Gasteiger partial charge in [0.15, 0.2) is 6.61 Å². The molecule has 0 aliphatic rings. The first-order valence-electron chi connectivity index (χ1n) is 6.80. The molecular weight excluding hydrogens is 314 g/mol. The Morgan fingerprint density at radius 3 is 2.61 bits per heavy atom. The van der Waals surface area contributed by atoms with E-state index in [9.17, 15) is 10.1 Å². The Morgan fingerprint density at radius 1 is 1.26 bits per heavy atom. The molecule has 2 rings (SSSR count). The molecule has 0 N–H and O–H groups in total. The molecule has 23 heavy (non-hydrogen) atoms. The summed E-state index contributed by atoms with van der Waals surface area (Å²) in [6.07, 6.45) is 1.76. The van der Waals surface area contributed by atoms with Crippen molar-refractivity contribution in [2.75, 3.05) is 13.7 Å². The molecule has 0 fully saturated rings. The monoisotopic (exact) mass is 327 g/mol. The topological polar surface area (TPSA) is 59.3 Å². The highest BCUT2D eigenvalue weighted by Crippen LogP contribution is 2.22. The van der Waals surface area contributed by atoms with E-state index >= 15 is 0 Å². The van der Waals surface area contributed by atoms with E-state index in [0.717, 1.165) is 11.1 Å². The minimum Gasteiger partial charge on any atom is -0.482 e. The summed E-state index contributed by atoms with van der Waals surface area (Å²) in [4.78, 5) is 11.0. The summed E-state index contributed by atoms with van der Waals surface area (Å²) < 4.78 is 9.77. The largest absolute Gasteiger partial charge is 0.482 e. The third-order valence-electron chi connectivity index (χ3n) is 3.03. The lowest BCUT2D eigenvalue weighted by atomic mass is 10.0. The van der Waals surface area contributed by atoms with Gasteiger partial charge in [0.2, 0.25) is 0 Å². The first-order valence-corrected chi connectivity index (χ1v) is 7.17. The van der Waals surface area contributed by atoms with Crippen LogP contribution >= 0.6 is 11.6 Å². The van der Waals surface area contributed by atoms with Crippen molar-refractivity contribution in [1.82, 2.24) is 0 Å². The smallest absolute Gasteiger partial charge is 0.343 e. The molecule has 0 heterocycles. The second-order valence-electron chi connectivity index (χ2n) is 4.61. The van der Waals surface area contributed by atoms with E-state index < -0.39 is 5.97 Å². The summed E-state index contributed by atoms with van der Waals surface area (Å²) in [5, 5.41) is 9.90. The molecule has 116 valence electrons. The average Bonchev–Trinajstić information content (AvgIpc) is 2.58. The van der Waals surface area contributed by atoms with Gasteiger partial charge in [-0.15, -0.1) is 0 Å². The van der Waals surface area contributed by atoms with Crippen molar-refractivity contribution < 1.29 is 14.3 Å². The fourth-order valence-electron chi connectivity index (χ4n) is 1.86. The van der Waals surface area contributed by atoms with Crippen LogP contribution in [-0.2, 0) is 9.53 Å². The molecule has 0 amide bonds. The number of hydrogen-bond donors (Lipinski definition) is 0. The summed E-state index contributed by atoms with van der Waals surface area (Å²) >= 11 is 5.95. The van der Waals surface area contributed by atoms with E-state index in [0.29, 0.717) is 16.3 Å². The van der Waals surface area contributed by atoms with E-state index in [-0.39, 0.29) is 6.61 Å². The number of benzene rings is 2. The zero-order chi connectivity index (χ0) is 16.7. The average molecular weight is 328 g/mol. The van der Waals surface area contributed by atoms with Crippen LogP contribution in [0.4, 0.5) is 0 Å². The van der Waals surface area contributed by atoms with Gasteiger partial charge < -0.3 is 9.47 Å². The first kappa shape index (κ1) is 16.6. The number of nitrogens with zero attached hydrogens (tertiary/aromatic N) is 1. The van der Waals surface area contributed by atoms with Gasteiger partial charge in [0.25, 0.3) is 0 Å². The Bertz CT molecular complexity index is 761. The van der Waals surface area contributed by atoms with E-state index in [1.807, 2.05) is 6.07 Å². The maximum Gasteiger partial charge on any atom is 0.343 e. The van der Waals surface area contributed by atoms with Crippen molar-refractivity contribution in [3.8, 4) is 11.8 Å². The van der Waals surface area contributed by atoms with Gasteiger partial charge in [-0.25, -0.2) is 4.79 Å². The normalized spacial score (nSPS) is 10.7. The van der Waals surface area contributed by atoms with Crippen LogP contribution in [0.2, 0.25) is 5.02 Å². The molecule has 5 heteroatoms. The molecule has 0 bridgehead atoms. The van der Waals surface area contributed by atoms with Gasteiger partial charge in [-0.1, -0.05) is 35.9 Å². The Balaban J connectivity index is 2.15. The van der Waals surface area contributed by atoms with Crippen molar-refractivity contribution >= 4 is 29.2 Å². The van der Waals surface area contributed by atoms with Crippen LogP contribution in [0, 0.1) is 11.3 Å². The van der Waals surface area contributed by atoms with Crippen molar-refractivity contribution in [3.63, 3.8) is 0 Å². The number of methoxy groups -OCH3 is 1. The van der Waals surface area contributed by atoms with Crippen molar-refractivity contribution in [2.45, 2.75) is 0 Å². The van der Waals surface area contributed by atoms with Crippen molar-refractivity contribution in [2.24, 2.45) is 0 Å². The van der Waals surface area contributed by atoms with Gasteiger partial charge in [-0.2, -0.15) is 5.26 Å². The van der Waals surface area contributed by atoms with E-state index in [1.54, 1.807) is 48.5 Å².